The fourth-order valence-electron chi connectivity index (χ4n) is 2.36. The third-order valence-electron chi connectivity index (χ3n) is 3.67. The third kappa shape index (κ3) is 19.2. The number of hydrogen-bond donors (Lipinski definition) is 2. The van der Waals surface area contributed by atoms with E-state index in [0.717, 1.165) is 38.5 Å². The van der Waals surface area contributed by atoms with Crippen LogP contribution in [0.4, 0.5) is 0 Å². The van der Waals surface area contributed by atoms with E-state index in [1.54, 1.807) is 0 Å². The van der Waals surface area contributed by atoms with Crippen molar-refractivity contribution in [2.45, 2.75) is 96.5 Å². The summed E-state index contributed by atoms with van der Waals surface area (Å²) in [6.07, 6.45) is 18.4. The average Bonchev–Trinajstić information content (AvgIpc) is 2.42. The van der Waals surface area contributed by atoms with Gasteiger partial charge in [0.15, 0.2) is 0 Å². The maximum absolute atomic E-state index is 10.3. The molecule has 0 aromatic rings. The molecule has 0 aromatic heterocycles. The molecule has 0 spiro atoms. The third-order valence-corrected chi connectivity index (χ3v) is 3.67. The number of aliphatic hydroxyl groups excluding tert-OH is 1. The Morgan fingerprint density at radius 2 is 1.33 bits per heavy atom. The quantitative estimate of drug-likeness (QED) is 0.327. The van der Waals surface area contributed by atoms with Gasteiger partial charge in [-0.2, -0.15) is 0 Å². The summed E-state index contributed by atoms with van der Waals surface area (Å²) in [7, 11) is 0. The molecule has 0 radical (unpaired) electrons. The van der Waals surface area contributed by atoms with Crippen LogP contribution < -0.4 is 0 Å². The van der Waals surface area contributed by atoms with E-state index in [1.807, 2.05) is 6.92 Å². The Labute approximate surface area is 130 Å². The molecule has 0 fully saturated rings. The molecule has 3 nitrogen and oxygen atoms in total. The van der Waals surface area contributed by atoms with E-state index in [1.165, 1.54) is 38.5 Å². The van der Waals surface area contributed by atoms with Gasteiger partial charge in [0.1, 0.15) is 0 Å². The van der Waals surface area contributed by atoms with Gasteiger partial charge in [0, 0.05) is 6.42 Å². The Morgan fingerprint density at radius 1 is 0.857 bits per heavy atom. The van der Waals surface area contributed by atoms with Gasteiger partial charge in [-0.1, -0.05) is 50.7 Å². The molecule has 0 saturated heterocycles. The van der Waals surface area contributed by atoms with Crippen molar-refractivity contribution in [1.29, 1.82) is 0 Å². The number of allylic oxidation sites excluding steroid dienone is 2. The number of carboxylic acids is 1. The van der Waals surface area contributed by atoms with Crippen LogP contribution in [-0.4, -0.2) is 22.3 Å². The lowest BCUT2D eigenvalue weighted by Gasteiger charge is -2.03. The number of aliphatic carboxylic acids is 1. The Hall–Kier alpha value is -0.830. The second kappa shape index (κ2) is 15.6. The molecule has 0 aliphatic rings. The van der Waals surface area contributed by atoms with Gasteiger partial charge in [0.25, 0.3) is 0 Å². The largest absolute Gasteiger partial charge is 0.481 e. The lowest BCUT2D eigenvalue weighted by Crippen LogP contribution is -1.98. The number of carbonyl (C=O) groups is 1. The number of rotatable bonds is 15. The molecule has 0 saturated carbocycles. The molecule has 3 heteroatoms. The first-order chi connectivity index (χ1) is 10.1. The zero-order valence-electron chi connectivity index (χ0n) is 13.7. The molecule has 21 heavy (non-hydrogen) atoms. The lowest BCUT2D eigenvalue weighted by molar-refractivity contribution is -0.137. The van der Waals surface area contributed by atoms with Crippen molar-refractivity contribution < 1.29 is 15.0 Å². The van der Waals surface area contributed by atoms with Crippen LogP contribution in [0, 0.1) is 0 Å². The maximum atomic E-state index is 10.3. The minimum Gasteiger partial charge on any atom is -0.481 e. The fraction of sp³-hybridized carbons (Fsp3) is 0.833. The zero-order valence-corrected chi connectivity index (χ0v) is 13.7. The first-order valence-electron chi connectivity index (χ1n) is 8.67. The summed E-state index contributed by atoms with van der Waals surface area (Å²) in [5, 5.41) is 17.6. The summed E-state index contributed by atoms with van der Waals surface area (Å²) in [4.78, 5) is 10.3. The van der Waals surface area contributed by atoms with Gasteiger partial charge >= 0.3 is 5.97 Å². The van der Waals surface area contributed by atoms with Gasteiger partial charge in [0.05, 0.1) is 6.10 Å². The predicted molar refractivity (Wildman–Crippen MR) is 88.5 cm³/mol. The van der Waals surface area contributed by atoms with Gasteiger partial charge in [-0.05, 0) is 45.4 Å². The van der Waals surface area contributed by atoms with Gasteiger partial charge < -0.3 is 10.2 Å². The Kier molecular flexibility index (Phi) is 14.9. The van der Waals surface area contributed by atoms with Crippen molar-refractivity contribution in [1.82, 2.24) is 0 Å². The van der Waals surface area contributed by atoms with Crippen molar-refractivity contribution in [3.63, 3.8) is 0 Å². The number of aliphatic hydroxyl groups is 1. The van der Waals surface area contributed by atoms with E-state index in [0.29, 0.717) is 6.42 Å². The summed E-state index contributed by atoms with van der Waals surface area (Å²) >= 11 is 0. The van der Waals surface area contributed by atoms with Crippen molar-refractivity contribution >= 4 is 5.97 Å². The minimum absolute atomic E-state index is 0.138. The fourth-order valence-corrected chi connectivity index (χ4v) is 2.36. The number of hydrogen-bond acceptors (Lipinski definition) is 2. The molecule has 0 aliphatic heterocycles. The highest BCUT2D eigenvalue weighted by Gasteiger charge is 1.96. The van der Waals surface area contributed by atoms with E-state index in [-0.39, 0.29) is 6.10 Å². The molecule has 0 aliphatic carbocycles. The van der Waals surface area contributed by atoms with Crippen LogP contribution in [-0.2, 0) is 4.79 Å². The van der Waals surface area contributed by atoms with E-state index < -0.39 is 5.97 Å². The molecule has 0 rings (SSSR count). The van der Waals surface area contributed by atoms with Gasteiger partial charge in [0.2, 0.25) is 0 Å². The van der Waals surface area contributed by atoms with Crippen LogP contribution in [0.1, 0.15) is 90.4 Å². The van der Waals surface area contributed by atoms with E-state index in [4.69, 9.17) is 10.2 Å². The lowest BCUT2D eigenvalue weighted by atomic mass is 10.1. The van der Waals surface area contributed by atoms with Gasteiger partial charge in [-0.3, -0.25) is 4.79 Å². The van der Waals surface area contributed by atoms with E-state index >= 15 is 0 Å². The smallest absolute Gasteiger partial charge is 0.303 e. The zero-order chi connectivity index (χ0) is 15.8. The van der Waals surface area contributed by atoms with Crippen LogP contribution in [0.2, 0.25) is 0 Å². The molecular weight excluding hydrogens is 264 g/mol. The summed E-state index contributed by atoms with van der Waals surface area (Å²) in [5.74, 6) is -0.690. The van der Waals surface area contributed by atoms with Gasteiger partial charge in [-0.15, -0.1) is 0 Å². The molecule has 0 amide bonds. The Balaban J connectivity index is 3.09. The van der Waals surface area contributed by atoms with Crippen molar-refractivity contribution in [3.05, 3.63) is 12.2 Å². The highest BCUT2D eigenvalue weighted by molar-refractivity contribution is 5.66. The summed E-state index contributed by atoms with van der Waals surface area (Å²) in [6, 6.07) is 0. The summed E-state index contributed by atoms with van der Waals surface area (Å²) in [5.41, 5.74) is 0. The monoisotopic (exact) mass is 298 g/mol. The predicted octanol–water partition coefficient (Wildman–Crippen LogP) is 5.08. The number of carboxylic acid groups (broad SMARTS) is 1. The standard InChI is InChI=1S/C18H34O3/c1-17(19)15-13-11-9-7-5-3-2-4-6-8-10-12-14-16-18(20)21/h6,8,17,19H,2-5,7,9-16H2,1H3,(H,20,21). The SMILES string of the molecule is CC(O)CCCCCCCCCC=CCCCCC(=O)O. The normalized spacial score (nSPS) is 12.9. The minimum atomic E-state index is -0.690. The second-order valence-electron chi connectivity index (χ2n) is 6.01. The molecule has 2 N–H and O–H groups in total. The molecule has 124 valence electrons. The van der Waals surface area contributed by atoms with Crippen LogP contribution in [0.3, 0.4) is 0 Å². The molecule has 1 atom stereocenters. The highest BCUT2D eigenvalue weighted by atomic mass is 16.4. The summed E-state index contributed by atoms with van der Waals surface area (Å²) < 4.78 is 0. The average molecular weight is 298 g/mol. The highest BCUT2D eigenvalue weighted by Crippen LogP contribution is 2.11. The van der Waals surface area contributed by atoms with E-state index in [9.17, 15) is 4.79 Å². The molecule has 0 aromatic carbocycles. The Morgan fingerprint density at radius 3 is 1.86 bits per heavy atom. The van der Waals surface area contributed by atoms with Crippen molar-refractivity contribution in [2.24, 2.45) is 0 Å². The van der Waals surface area contributed by atoms with Crippen LogP contribution >= 0.6 is 0 Å². The van der Waals surface area contributed by atoms with Crippen LogP contribution in [0.5, 0.6) is 0 Å². The first-order valence-corrected chi connectivity index (χ1v) is 8.67. The molecular formula is C18H34O3. The molecule has 0 bridgehead atoms. The van der Waals surface area contributed by atoms with Gasteiger partial charge in [-0.25, -0.2) is 0 Å². The van der Waals surface area contributed by atoms with Crippen LogP contribution in [0.15, 0.2) is 12.2 Å². The molecule has 0 heterocycles. The second-order valence-corrected chi connectivity index (χ2v) is 6.01. The van der Waals surface area contributed by atoms with Crippen molar-refractivity contribution in [3.8, 4) is 0 Å². The number of unbranched alkanes of at least 4 members (excludes halogenated alkanes) is 9. The van der Waals surface area contributed by atoms with Crippen molar-refractivity contribution in [2.75, 3.05) is 0 Å². The van der Waals surface area contributed by atoms with Crippen LogP contribution in [0.25, 0.3) is 0 Å². The summed E-state index contributed by atoms with van der Waals surface area (Å²) in [6.45, 7) is 1.86. The Bertz CT molecular complexity index is 259. The maximum Gasteiger partial charge on any atom is 0.303 e. The first kappa shape index (κ1) is 20.2. The topological polar surface area (TPSA) is 57.5 Å². The van der Waals surface area contributed by atoms with E-state index in [2.05, 4.69) is 12.2 Å². The molecule has 1 unspecified atom stereocenters.